The minimum atomic E-state index is 0.611. The molecular weight excluding hydrogens is 574 g/mol. The summed E-state index contributed by atoms with van der Waals surface area (Å²) in [5.74, 6) is 1.87. The second kappa shape index (κ2) is 11.2. The number of nitrogens with zero attached hydrogens (tertiary/aromatic N) is 3. The van der Waals surface area contributed by atoms with Gasteiger partial charge in [-0.25, -0.2) is 15.0 Å². The molecule has 4 nitrogen and oxygen atoms in total. The Balaban J connectivity index is 1.22. The third kappa shape index (κ3) is 4.84. The van der Waals surface area contributed by atoms with Gasteiger partial charge in [-0.05, 0) is 57.3 Å². The molecule has 9 rings (SSSR count). The van der Waals surface area contributed by atoms with Crippen LogP contribution in [0.5, 0.6) is 0 Å². The molecule has 0 atom stereocenters. The SMILES string of the molecule is c1ccc(-c2ccc(-c3nc(-c4ccccc4)nc(-c4ccc5oc6cccc(-c7cccc8ccccc78)c6c5c4)n3)cc2)cc1. The quantitative estimate of drug-likeness (QED) is 0.197. The van der Waals surface area contributed by atoms with Crippen molar-refractivity contribution in [2.45, 2.75) is 0 Å². The van der Waals surface area contributed by atoms with Gasteiger partial charge in [0, 0.05) is 27.5 Å². The highest BCUT2D eigenvalue weighted by Crippen LogP contribution is 2.40. The minimum absolute atomic E-state index is 0.611. The van der Waals surface area contributed by atoms with Crippen molar-refractivity contribution in [2.75, 3.05) is 0 Å². The molecule has 0 fully saturated rings. The number of aromatic nitrogens is 3. The highest BCUT2D eigenvalue weighted by Gasteiger charge is 2.17. The fourth-order valence-electron chi connectivity index (χ4n) is 6.44. The summed E-state index contributed by atoms with van der Waals surface area (Å²) in [6.45, 7) is 0. The van der Waals surface area contributed by atoms with Gasteiger partial charge in [0.2, 0.25) is 0 Å². The first-order valence-corrected chi connectivity index (χ1v) is 15.7. The van der Waals surface area contributed by atoms with Gasteiger partial charge in [0.1, 0.15) is 11.2 Å². The summed E-state index contributed by atoms with van der Waals surface area (Å²) in [5.41, 5.74) is 9.06. The minimum Gasteiger partial charge on any atom is -0.456 e. The van der Waals surface area contributed by atoms with E-state index in [-0.39, 0.29) is 0 Å². The number of benzene rings is 7. The highest BCUT2D eigenvalue weighted by molar-refractivity contribution is 6.15. The molecule has 0 N–H and O–H groups in total. The summed E-state index contributed by atoms with van der Waals surface area (Å²) >= 11 is 0. The zero-order chi connectivity index (χ0) is 31.2. The standard InChI is InChI=1S/C43H27N3O/c1-3-11-28(12-4-1)29-21-23-32(24-22-29)42-44-41(31-14-5-2-6-15-31)45-43(46-42)33-25-26-38-37(27-33)40-36(19-10-20-39(40)47-38)35-18-9-16-30-13-7-8-17-34(30)35/h1-27H. The smallest absolute Gasteiger partial charge is 0.164 e. The molecule has 0 radical (unpaired) electrons. The monoisotopic (exact) mass is 601 g/mol. The van der Waals surface area contributed by atoms with E-state index in [4.69, 9.17) is 19.4 Å². The Labute approximate surface area is 271 Å². The zero-order valence-electron chi connectivity index (χ0n) is 25.3. The van der Waals surface area contributed by atoms with E-state index in [1.165, 1.54) is 21.9 Å². The predicted molar refractivity (Wildman–Crippen MR) is 192 cm³/mol. The molecule has 9 aromatic rings. The van der Waals surface area contributed by atoms with Crippen molar-refractivity contribution in [3.63, 3.8) is 0 Å². The normalized spacial score (nSPS) is 11.4. The van der Waals surface area contributed by atoms with Crippen molar-refractivity contribution >= 4 is 32.7 Å². The molecule has 7 aromatic carbocycles. The molecule has 0 saturated heterocycles. The van der Waals surface area contributed by atoms with Gasteiger partial charge in [-0.3, -0.25) is 0 Å². The van der Waals surface area contributed by atoms with Crippen molar-refractivity contribution in [1.29, 1.82) is 0 Å². The molecule has 220 valence electrons. The molecule has 2 aromatic heterocycles. The van der Waals surface area contributed by atoms with Crippen molar-refractivity contribution in [1.82, 2.24) is 15.0 Å². The van der Waals surface area contributed by atoms with Crippen LogP contribution in [0, 0.1) is 0 Å². The van der Waals surface area contributed by atoms with E-state index in [0.29, 0.717) is 17.5 Å². The molecule has 0 bridgehead atoms. The van der Waals surface area contributed by atoms with Gasteiger partial charge in [-0.1, -0.05) is 140 Å². The topological polar surface area (TPSA) is 51.8 Å². The Hall–Kier alpha value is -6.39. The third-order valence-electron chi connectivity index (χ3n) is 8.75. The van der Waals surface area contributed by atoms with Gasteiger partial charge in [0.25, 0.3) is 0 Å². The molecule has 0 aliphatic carbocycles. The number of rotatable bonds is 5. The number of hydrogen-bond donors (Lipinski definition) is 0. The lowest BCUT2D eigenvalue weighted by molar-refractivity contribution is 0.669. The van der Waals surface area contributed by atoms with Crippen molar-refractivity contribution < 1.29 is 4.42 Å². The maximum atomic E-state index is 6.40. The van der Waals surface area contributed by atoms with E-state index in [2.05, 4.69) is 109 Å². The summed E-state index contributed by atoms with van der Waals surface area (Å²) in [4.78, 5) is 15.0. The van der Waals surface area contributed by atoms with Crippen molar-refractivity contribution in [3.05, 3.63) is 164 Å². The Kier molecular flexibility index (Phi) is 6.43. The number of hydrogen-bond acceptors (Lipinski definition) is 4. The summed E-state index contributed by atoms with van der Waals surface area (Å²) in [7, 11) is 0. The van der Waals surface area contributed by atoms with E-state index >= 15 is 0 Å². The number of fused-ring (bicyclic) bond motifs is 4. The van der Waals surface area contributed by atoms with Crippen LogP contribution in [0.3, 0.4) is 0 Å². The van der Waals surface area contributed by atoms with Crippen LogP contribution in [0.1, 0.15) is 0 Å². The van der Waals surface area contributed by atoms with E-state index < -0.39 is 0 Å². The van der Waals surface area contributed by atoms with Crippen LogP contribution < -0.4 is 0 Å². The Morgan fingerprint density at radius 1 is 0.340 bits per heavy atom. The maximum absolute atomic E-state index is 6.40. The summed E-state index contributed by atoms with van der Waals surface area (Å²) in [6.07, 6.45) is 0. The lowest BCUT2D eigenvalue weighted by Crippen LogP contribution is -2.00. The molecule has 47 heavy (non-hydrogen) atoms. The third-order valence-corrected chi connectivity index (χ3v) is 8.75. The number of furan rings is 1. The first kappa shape index (κ1) is 27.0. The van der Waals surface area contributed by atoms with Crippen LogP contribution in [0.25, 0.3) is 89.1 Å². The summed E-state index contributed by atoms with van der Waals surface area (Å²) in [6, 6.07) is 56.3. The van der Waals surface area contributed by atoms with E-state index in [1.807, 2.05) is 54.6 Å². The maximum Gasteiger partial charge on any atom is 0.164 e. The van der Waals surface area contributed by atoms with E-state index in [0.717, 1.165) is 49.8 Å². The van der Waals surface area contributed by atoms with Crippen LogP contribution in [0.4, 0.5) is 0 Å². The first-order valence-electron chi connectivity index (χ1n) is 15.7. The fourth-order valence-corrected chi connectivity index (χ4v) is 6.44. The van der Waals surface area contributed by atoms with Crippen molar-refractivity contribution in [2.24, 2.45) is 0 Å². The van der Waals surface area contributed by atoms with E-state index in [1.54, 1.807) is 0 Å². The van der Waals surface area contributed by atoms with Gasteiger partial charge < -0.3 is 4.42 Å². The molecule has 0 aliphatic heterocycles. The lowest BCUT2D eigenvalue weighted by atomic mass is 9.94. The van der Waals surface area contributed by atoms with Crippen LogP contribution in [0.2, 0.25) is 0 Å². The average Bonchev–Trinajstić information content (AvgIpc) is 3.53. The molecule has 4 heteroatoms. The molecule has 0 amide bonds. The summed E-state index contributed by atoms with van der Waals surface area (Å²) < 4.78 is 6.40. The fraction of sp³-hybridized carbons (Fsp3) is 0. The van der Waals surface area contributed by atoms with Crippen LogP contribution in [-0.2, 0) is 0 Å². The van der Waals surface area contributed by atoms with Gasteiger partial charge in [-0.15, -0.1) is 0 Å². The first-order chi connectivity index (χ1) is 23.3. The largest absolute Gasteiger partial charge is 0.456 e. The van der Waals surface area contributed by atoms with Crippen molar-refractivity contribution in [3.8, 4) is 56.4 Å². The molecular formula is C43H27N3O. The van der Waals surface area contributed by atoms with Gasteiger partial charge in [-0.2, -0.15) is 0 Å². The molecule has 0 saturated carbocycles. The second-order valence-corrected chi connectivity index (χ2v) is 11.6. The van der Waals surface area contributed by atoms with Crippen LogP contribution in [-0.4, -0.2) is 15.0 Å². The van der Waals surface area contributed by atoms with Gasteiger partial charge in [0.05, 0.1) is 0 Å². The lowest BCUT2D eigenvalue weighted by Gasteiger charge is -2.10. The zero-order valence-corrected chi connectivity index (χ0v) is 25.3. The Bertz CT molecular complexity index is 2550. The molecule has 0 unspecified atom stereocenters. The average molecular weight is 602 g/mol. The Morgan fingerprint density at radius 3 is 1.64 bits per heavy atom. The molecule has 2 heterocycles. The van der Waals surface area contributed by atoms with Gasteiger partial charge >= 0.3 is 0 Å². The highest BCUT2D eigenvalue weighted by atomic mass is 16.3. The Morgan fingerprint density at radius 2 is 0.872 bits per heavy atom. The summed E-state index contributed by atoms with van der Waals surface area (Å²) in [5, 5.41) is 4.52. The van der Waals surface area contributed by atoms with E-state index in [9.17, 15) is 0 Å². The van der Waals surface area contributed by atoms with Crippen LogP contribution >= 0.6 is 0 Å². The molecule has 0 aliphatic rings. The van der Waals surface area contributed by atoms with Gasteiger partial charge in [0.15, 0.2) is 17.5 Å². The predicted octanol–water partition coefficient (Wildman–Crippen LogP) is 11.3. The molecule has 0 spiro atoms. The van der Waals surface area contributed by atoms with Crippen LogP contribution in [0.15, 0.2) is 168 Å². The second-order valence-electron chi connectivity index (χ2n) is 11.6.